The molecule has 153 valence electrons. The number of benzene rings is 1. The smallest absolute Gasteiger partial charge is 0.0477 e. The van der Waals surface area contributed by atoms with Gasteiger partial charge in [0.2, 0.25) is 0 Å². The van der Waals surface area contributed by atoms with E-state index in [1.807, 2.05) is 61.4 Å². The molecule has 1 N–H and O–H groups in total. The Bertz CT molecular complexity index is 334. The zero-order valence-corrected chi connectivity index (χ0v) is 24.0. The Kier molecular flexibility index (Phi) is 79.7. The molecule has 0 saturated heterocycles. The third-order valence-electron chi connectivity index (χ3n) is 1.43. The minimum absolute atomic E-state index is 0. The fourth-order valence-corrected chi connectivity index (χ4v) is 1.09. The summed E-state index contributed by atoms with van der Waals surface area (Å²) in [5, 5.41) is 1.35. The first-order valence-corrected chi connectivity index (χ1v) is 6.44. The number of halogens is 2. The maximum Gasteiger partial charge on any atom is 0.0477 e. The third-order valence-corrected chi connectivity index (χ3v) is 1.90. The zero-order chi connectivity index (χ0) is 13.1. The van der Waals surface area contributed by atoms with E-state index < -0.39 is 0 Å². The standard InChI is InChI=1S/C6H7Si.C5H5.C4H10N.5CH3.2ClH.Hf/c7-6-4-2-1-3-5-6;1-2-4-5-3-1;1-4(2,3)5;;;;;;;;/h1-5H,7H2;1-3H,4H2;5H,1-3H3;5*1H3;2*1H;/q;7*-1;;;. The summed E-state index contributed by atoms with van der Waals surface area (Å²) < 4.78 is 0. The molecule has 1 aromatic carbocycles. The molecule has 0 atom stereocenters. The Labute approximate surface area is 195 Å². The van der Waals surface area contributed by atoms with Crippen molar-refractivity contribution >= 4 is 40.2 Å². The molecule has 1 radical (unpaired) electrons. The van der Waals surface area contributed by atoms with Gasteiger partial charge in [-0.25, -0.2) is 12.2 Å². The van der Waals surface area contributed by atoms with Crippen molar-refractivity contribution in [2.24, 2.45) is 0 Å². The van der Waals surface area contributed by atoms with E-state index in [4.69, 9.17) is 5.73 Å². The van der Waals surface area contributed by atoms with E-state index in [9.17, 15) is 0 Å². The van der Waals surface area contributed by atoms with Crippen LogP contribution in [0.15, 0.2) is 48.6 Å². The summed E-state index contributed by atoms with van der Waals surface area (Å²) in [6.45, 7) is 5.56. The summed E-state index contributed by atoms with van der Waals surface area (Å²) in [6.07, 6.45) is 10.0. The van der Waals surface area contributed by atoms with Crippen molar-refractivity contribution in [1.82, 2.24) is 0 Å². The van der Waals surface area contributed by atoms with Gasteiger partial charge >= 0.3 is 0 Å². The van der Waals surface area contributed by atoms with Crippen molar-refractivity contribution in [1.29, 1.82) is 0 Å². The molecule has 0 amide bonds. The van der Waals surface area contributed by atoms with Crippen LogP contribution in [-0.4, -0.2) is 15.8 Å². The molecule has 1 aliphatic rings. The number of hydrogen-bond acceptors (Lipinski definition) is 0. The van der Waals surface area contributed by atoms with Gasteiger partial charge < -0.3 is 42.9 Å². The predicted octanol–water partition coefficient (Wildman–Crippen LogP) is 6.18. The SMILES string of the molecule is CC(C)(C)[NH-].Cl.Cl.[C-]1=CC=CC1.[CH3-].[CH3-].[CH3-].[CH3-].[CH3-].[Hf].[SiH2]c1ccccc1. The normalized spacial score (nSPS) is 8.36. The monoisotopic (exact) mass is 571 g/mol. The van der Waals surface area contributed by atoms with Gasteiger partial charge in [0.05, 0.1) is 0 Å². The first-order valence-electron chi connectivity index (χ1n) is 5.73. The average Bonchev–Trinajstić information content (AvgIpc) is 2.73. The Balaban J connectivity index is -0.0000000192. The van der Waals surface area contributed by atoms with E-state index in [-0.39, 0.29) is 93.3 Å². The van der Waals surface area contributed by atoms with Crippen LogP contribution in [0.4, 0.5) is 0 Å². The number of hydrogen-bond donors (Lipinski definition) is 0. The van der Waals surface area contributed by atoms with Crippen LogP contribution >= 0.6 is 24.8 Å². The number of rotatable bonds is 0. The molecule has 2 rings (SSSR count). The summed E-state index contributed by atoms with van der Waals surface area (Å²) in [5.74, 6) is 0. The van der Waals surface area contributed by atoms with Gasteiger partial charge in [0.25, 0.3) is 0 Å². The molecule has 0 heterocycles. The van der Waals surface area contributed by atoms with Crippen LogP contribution in [0.1, 0.15) is 27.2 Å². The van der Waals surface area contributed by atoms with E-state index in [0.717, 1.165) is 6.42 Å². The van der Waals surface area contributed by atoms with Crippen LogP contribution in [0, 0.1) is 43.2 Å². The number of nitrogens with one attached hydrogen (secondary N) is 1. The second-order valence-corrected chi connectivity index (χ2v) is 5.56. The average molecular weight is 571 g/mol. The molecule has 0 unspecified atom stereocenters. The topological polar surface area (TPSA) is 23.8 Å². The Morgan fingerprint density at radius 2 is 1.28 bits per heavy atom. The van der Waals surface area contributed by atoms with Crippen LogP contribution in [0.3, 0.4) is 0 Å². The summed E-state index contributed by atoms with van der Waals surface area (Å²) >= 11 is 0. The summed E-state index contributed by atoms with van der Waals surface area (Å²) in [6, 6.07) is 10.3. The van der Waals surface area contributed by atoms with E-state index >= 15 is 0 Å². The molecule has 0 aliphatic heterocycles. The van der Waals surface area contributed by atoms with Crippen LogP contribution in [-0.2, 0) is 25.8 Å². The summed E-state index contributed by atoms with van der Waals surface area (Å²) in [4.78, 5) is 0. The van der Waals surface area contributed by atoms with Crippen molar-refractivity contribution in [3.63, 3.8) is 0 Å². The van der Waals surface area contributed by atoms with E-state index in [2.05, 4.69) is 24.3 Å². The van der Waals surface area contributed by atoms with Crippen molar-refractivity contribution in [3.05, 3.63) is 97.5 Å². The first-order chi connectivity index (χ1) is 7.89. The van der Waals surface area contributed by atoms with Gasteiger partial charge in [-0.15, -0.1) is 36.8 Å². The van der Waals surface area contributed by atoms with Crippen LogP contribution in [0.2, 0.25) is 0 Å². The van der Waals surface area contributed by atoms with Crippen molar-refractivity contribution in [3.8, 4) is 0 Å². The van der Waals surface area contributed by atoms with Crippen molar-refractivity contribution in [2.45, 2.75) is 32.7 Å². The summed E-state index contributed by atoms with van der Waals surface area (Å²) in [7, 11) is 1.90. The van der Waals surface area contributed by atoms with Crippen LogP contribution in [0.5, 0.6) is 0 Å². The van der Waals surface area contributed by atoms with Gasteiger partial charge in [-0.05, 0) is 0 Å². The third kappa shape index (κ3) is 68.3. The number of allylic oxidation sites excluding steroid dienone is 4. The van der Waals surface area contributed by atoms with Gasteiger partial charge in [0, 0.05) is 36.1 Å². The molecule has 0 saturated carbocycles. The van der Waals surface area contributed by atoms with E-state index in [1.165, 1.54) is 5.19 Å². The van der Waals surface area contributed by atoms with Crippen LogP contribution in [0.25, 0.3) is 5.73 Å². The molecule has 0 bridgehead atoms. The minimum atomic E-state index is -0.250. The molecule has 0 aromatic heterocycles. The first kappa shape index (κ1) is 56.2. The van der Waals surface area contributed by atoms with E-state index in [0.29, 0.717) is 0 Å². The molecule has 5 heteroatoms. The predicted molar refractivity (Wildman–Crippen MR) is 127 cm³/mol. The van der Waals surface area contributed by atoms with E-state index in [1.54, 1.807) is 0 Å². The van der Waals surface area contributed by atoms with Gasteiger partial charge in [-0.1, -0.05) is 56.3 Å². The Morgan fingerprint density at radius 1 is 0.920 bits per heavy atom. The largest absolute Gasteiger partial charge is 0.673 e. The molecule has 1 nitrogen and oxygen atoms in total. The molecule has 0 spiro atoms. The molecular formula is C20H39Cl2HfNSi-7. The molecule has 25 heavy (non-hydrogen) atoms. The van der Waals surface area contributed by atoms with Crippen molar-refractivity contribution in [2.75, 3.05) is 0 Å². The molecule has 1 aliphatic carbocycles. The zero-order valence-electron chi connectivity index (χ0n) is 17.3. The minimum Gasteiger partial charge on any atom is -0.673 e. The fraction of sp³-hybridized carbons (Fsp3) is 0.250. The molecular weight excluding hydrogens is 532 g/mol. The molecule has 1 aromatic rings. The summed E-state index contributed by atoms with van der Waals surface area (Å²) in [5.41, 5.74) is 6.69. The second-order valence-electron chi connectivity index (χ2n) is 4.74. The van der Waals surface area contributed by atoms with Gasteiger partial charge in [0.1, 0.15) is 0 Å². The fourth-order valence-electron chi connectivity index (χ4n) is 0.818. The quantitative estimate of drug-likeness (QED) is 0.263. The maximum atomic E-state index is 6.94. The second kappa shape index (κ2) is 35.4. The molecule has 0 fully saturated rings. The van der Waals surface area contributed by atoms with Crippen molar-refractivity contribution < 1.29 is 25.8 Å². The Morgan fingerprint density at radius 3 is 1.40 bits per heavy atom. The van der Waals surface area contributed by atoms with Gasteiger partial charge in [-0.2, -0.15) is 6.08 Å². The van der Waals surface area contributed by atoms with Gasteiger partial charge in [-0.3, -0.25) is 6.08 Å². The van der Waals surface area contributed by atoms with Gasteiger partial charge in [0.15, 0.2) is 0 Å². The van der Waals surface area contributed by atoms with Crippen LogP contribution < -0.4 is 5.19 Å². The Hall–Kier alpha value is 0.327. The maximum absolute atomic E-state index is 6.94.